The minimum absolute atomic E-state index is 0.0360. The van der Waals surface area contributed by atoms with Gasteiger partial charge in [0, 0.05) is 36.5 Å². The van der Waals surface area contributed by atoms with Crippen molar-refractivity contribution in [3.05, 3.63) is 71.8 Å². The second-order valence-electron chi connectivity index (χ2n) is 5.59. The molecule has 1 amide bonds. The molecule has 1 N–H and O–H groups in total. The van der Waals surface area contributed by atoms with Crippen LogP contribution >= 0.6 is 0 Å². The summed E-state index contributed by atoms with van der Waals surface area (Å²) >= 11 is 0. The molecule has 4 rings (SSSR count). The Morgan fingerprint density at radius 1 is 1.09 bits per heavy atom. The molecule has 1 aliphatic rings. The minimum Gasteiger partial charge on any atom is -0.340 e. The first-order chi connectivity index (χ1) is 11.3. The molecule has 23 heavy (non-hydrogen) atoms. The van der Waals surface area contributed by atoms with Crippen molar-refractivity contribution in [1.29, 1.82) is 0 Å². The molecule has 1 aromatic carbocycles. The van der Waals surface area contributed by atoms with Crippen molar-refractivity contribution in [3.8, 4) is 11.4 Å². The second-order valence-corrected chi connectivity index (χ2v) is 5.59. The van der Waals surface area contributed by atoms with Crippen molar-refractivity contribution in [2.75, 3.05) is 6.54 Å². The van der Waals surface area contributed by atoms with Crippen LogP contribution in [0, 0.1) is 0 Å². The van der Waals surface area contributed by atoms with Crippen molar-refractivity contribution in [2.45, 2.75) is 13.0 Å². The molecule has 0 spiro atoms. The normalized spacial score (nSPS) is 13.7. The summed E-state index contributed by atoms with van der Waals surface area (Å²) < 4.78 is 0. The fraction of sp³-hybridized carbons (Fsp3) is 0.167. The Balaban J connectivity index is 1.58. The number of fused-ring (bicyclic) bond motifs is 1. The van der Waals surface area contributed by atoms with Gasteiger partial charge in [-0.15, -0.1) is 0 Å². The van der Waals surface area contributed by atoms with Crippen LogP contribution in [0.25, 0.3) is 11.4 Å². The Kier molecular flexibility index (Phi) is 3.38. The monoisotopic (exact) mass is 304 g/mol. The van der Waals surface area contributed by atoms with E-state index in [1.54, 1.807) is 24.5 Å². The number of aromatic nitrogens is 3. The van der Waals surface area contributed by atoms with E-state index in [9.17, 15) is 4.79 Å². The smallest absolute Gasteiger partial charge is 0.254 e. The number of hydrogen-bond donors (Lipinski definition) is 1. The Bertz CT molecular complexity index is 827. The van der Waals surface area contributed by atoms with Gasteiger partial charge in [-0.05, 0) is 12.1 Å². The lowest BCUT2D eigenvalue weighted by atomic mass is 10.1. The van der Waals surface area contributed by atoms with Crippen molar-refractivity contribution < 1.29 is 4.79 Å². The molecule has 1 aliphatic heterocycles. The number of carbonyl (C=O) groups excluding carboxylic acids is 1. The molecule has 0 saturated carbocycles. The van der Waals surface area contributed by atoms with Crippen molar-refractivity contribution in [3.63, 3.8) is 0 Å². The number of amides is 1. The minimum atomic E-state index is 0.0360. The summed E-state index contributed by atoms with van der Waals surface area (Å²) in [6.45, 7) is 1.25. The standard InChI is InChI=1S/C18H16N4O/c23-18(14-6-9-19-10-7-14)22-11-8-15-16(12-22)21-17(20-15)13-4-2-1-3-5-13/h1-7,9-10H,8,11-12H2,(H,20,21). The first-order valence-electron chi connectivity index (χ1n) is 7.64. The number of carbonyl (C=O) groups is 1. The van der Waals surface area contributed by atoms with Crippen LogP contribution in [0.15, 0.2) is 54.9 Å². The lowest BCUT2D eigenvalue weighted by molar-refractivity contribution is 0.0732. The number of aromatic amines is 1. The molecule has 114 valence electrons. The zero-order valence-corrected chi connectivity index (χ0v) is 12.6. The summed E-state index contributed by atoms with van der Waals surface area (Å²) in [4.78, 5) is 26.4. The van der Waals surface area contributed by atoms with E-state index in [1.807, 2.05) is 35.2 Å². The lowest BCUT2D eigenvalue weighted by Gasteiger charge is -2.26. The van der Waals surface area contributed by atoms with Gasteiger partial charge in [0.25, 0.3) is 5.91 Å². The molecule has 0 atom stereocenters. The van der Waals surface area contributed by atoms with Crippen LogP contribution < -0.4 is 0 Å². The van der Waals surface area contributed by atoms with Crippen LogP contribution in [0.5, 0.6) is 0 Å². The van der Waals surface area contributed by atoms with Gasteiger partial charge in [0.05, 0.1) is 17.9 Å². The third-order valence-corrected chi connectivity index (χ3v) is 4.09. The Hall–Kier alpha value is -2.95. The summed E-state index contributed by atoms with van der Waals surface area (Å²) in [6.07, 6.45) is 4.06. The Morgan fingerprint density at radius 2 is 1.87 bits per heavy atom. The molecule has 3 heterocycles. The molecule has 0 aliphatic carbocycles. The summed E-state index contributed by atoms with van der Waals surface area (Å²) in [5.41, 5.74) is 3.82. The Labute approximate surface area is 134 Å². The number of H-pyrrole nitrogens is 1. The Morgan fingerprint density at radius 3 is 2.65 bits per heavy atom. The number of hydrogen-bond acceptors (Lipinski definition) is 3. The van der Waals surface area contributed by atoms with E-state index in [2.05, 4.69) is 15.0 Å². The van der Waals surface area contributed by atoms with Crippen molar-refractivity contribution >= 4 is 5.91 Å². The van der Waals surface area contributed by atoms with Crippen LogP contribution in [0.3, 0.4) is 0 Å². The van der Waals surface area contributed by atoms with Gasteiger partial charge in [-0.1, -0.05) is 30.3 Å². The molecular weight excluding hydrogens is 288 g/mol. The number of pyridine rings is 1. The molecule has 0 saturated heterocycles. The fourth-order valence-corrected chi connectivity index (χ4v) is 2.88. The number of benzene rings is 1. The maximum Gasteiger partial charge on any atom is 0.254 e. The third-order valence-electron chi connectivity index (χ3n) is 4.09. The highest BCUT2D eigenvalue weighted by Crippen LogP contribution is 2.23. The summed E-state index contributed by atoms with van der Waals surface area (Å²) in [6, 6.07) is 13.5. The van der Waals surface area contributed by atoms with Crippen LogP contribution in [-0.2, 0) is 13.0 Å². The molecule has 0 radical (unpaired) electrons. The highest BCUT2D eigenvalue weighted by molar-refractivity contribution is 5.94. The average Bonchev–Trinajstić information content (AvgIpc) is 3.06. The molecule has 0 bridgehead atoms. The summed E-state index contributed by atoms with van der Waals surface area (Å²) in [5.74, 6) is 0.905. The van der Waals surface area contributed by atoms with Crippen molar-refractivity contribution in [1.82, 2.24) is 19.9 Å². The summed E-state index contributed by atoms with van der Waals surface area (Å²) in [7, 11) is 0. The second kappa shape index (κ2) is 5.68. The van der Waals surface area contributed by atoms with E-state index in [0.717, 1.165) is 29.2 Å². The van der Waals surface area contributed by atoms with Gasteiger partial charge in [-0.2, -0.15) is 0 Å². The van der Waals surface area contributed by atoms with E-state index < -0.39 is 0 Å². The first-order valence-corrected chi connectivity index (χ1v) is 7.64. The van der Waals surface area contributed by atoms with E-state index in [0.29, 0.717) is 18.7 Å². The predicted octanol–water partition coefficient (Wildman–Crippen LogP) is 2.67. The van der Waals surface area contributed by atoms with Crippen LogP contribution in [0.4, 0.5) is 0 Å². The molecular formula is C18H16N4O. The molecule has 0 fully saturated rings. The van der Waals surface area contributed by atoms with Gasteiger partial charge >= 0.3 is 0 Å². The van der Waals surface area contributed by atoms with E-state index in [1.165, 1.54) is 0 Å². The van der Waals surface area contributed by atoms with Gasteiger partial charge in [0.15, 0.2) is 0 Å². The number of imidazole rings is 1. The van der Waals surface area contributed by atoms with Crippen LogP contribution in [0.1, 0.15) is 21.7 Å². The van der Waals surface area contributed by atoms with Gasteiger partial charge < -0.3 is 9.88 Å². The number of nitrogens with one attached hydrogen (secondary N) is 1. The van der Waals surface area contributed by atoms with Crippen LogP contribution in [0.2, 0.25) is 0 Å². The zero-order valence-electron chi connectivity index (χ0n) is 12.6. The van der Waals surface area contributed by atoms with E-state index in [-0.39, 0.29) is 5.91 Å². The topological polar surface area (TPSA) is 61.9 Å². The third kappa shape index (κ3) is 2.61. The van der Waals surface area contributed by atoms with Gasteiger partial charge in [0.2, 0.25) is 0 Å². The van der Waals surface area contributed by atoms with E-state index in [4.69, 9.17) is 0 Å². The SMILES string of the molecule is O=C(c1ccncc1)N1CCc2nc(-c3ccccc3)[nH]c2C1. The van der Waals surface area contributed by atoms with Crippen molar-refractivity contribution in [2.24, 2.45) is 0 Å². The molecule has 3 aromatic rings. The maximum absolute atomic E-state index is 12.6. The zero-order chi connectivity index (χ0) is 15.6. The molecule has 0 unspecified atom stereocenters. The lowest BCUT2D eigenvalue weighted by Crippen LogP contribution is -2.36. The number of nitrogens with zero attached hydrogens (tertiary/aromatic N) is 3. The fourth-order valence-electron chi connectivity index (χ4n) is 2.88. The predicted molar refractivity (Wildman–Crippen MR) is 86.7 cm³/mol. The van der Waals surface area contributed by atoms with Gasteiger partial charge in [-0.3, -0.25) is 9.78 Å². The van der Waals surface area contributed by atoms with Gasteiger partial charge in [0.1, 0.15) is 5.82 Å². The largest absolute Gasteiger partial charge is 0.340 e. The highest BCUT2D eigenvalue weighted by Gasteiger charge is 2.24. The highest BCUT2D eigenvalue weighted by atomic mass is 16.2. The van der Waals surface area contributed by atoms with Gasteiger partial charge in [-0.25, -0.2) is 4.98 Å². The first kappa shape index (κ1) is 13.7. The maximum atomic E-state index is 12.6. The quantitative estimate of drug-likeness (QED) is 0.792. The van der Waals surface area contributed by atoms with Crippen LogP contribution in [-0.4, -0.2) is 32.3 Å². The number of rotatable bonds is 2. The summed E-state index contributed by atoms with van der Waals surface area (Å²) in [5, 5.41) is 0. The van der Waals surface area contributed by atoms with E-state index >= 15 is 0 Å². The average molecular weight is 304 g/mol. The molecule has 5 nitrogen and oxygen atoms in total. The molecule has 2 aromatic heterocycles. The molecule has 5 heteroatoms.